The summed E-state index contributed by atoms with van der Waals surface area (Å²) in [4.78, 5) is 45.5. The summed E-state index contributed by atoms with van der Waals surface area (Å²) in [5.74, 6) is -0.102. The van der Waals surface area contributed by atoms with E-state index in [1.807, 2.05) is 29.2 Å². The molecule has 46 heavy (non-hydrogen) atoms. The van der Waals surface area contributed by atoms with Gasteiger partial charge in [-0.1, -0.05) is 24.3 Å². The van der Waals surface area contributed by atoms with Crippen LogP contribution >= 0.6 is 0 Å². The van der Waals surface area contributed by atoms with E-state index in [2.05, 4.69) is 29.7 Å². The molecule has 3 aliphatic rings. The zero-order valence-electron chi connectivity index (χ0n) is 26.2. The summed E-state index contributed by atoms with van der Waals surface area (Å²) in [5, 5.41) is 19.5. The summed E-state index contributed by atoms with van der Waals surface area (Å²) in [6, 6.07) is 20.7. The Hall–Kier alpha value is -5.05. The highest BCUT2D eigenvalue weighted by molar-refractivity contribution is 6.08. The van der Waals surface area contributed by atoms with Crippen molar-refractivity contribution in [1.82, 2.24) is 14.4 Å². The number of fused-ring (bicyclic) bond motifs is 3. The Morgan fingerprint density at radius 2 is 1.59 bits per heavy atom. The Kier molecular flexibility index (Phi) is 7.55. The minimum Gasteiger partial charge on any atom is -0.508 e. The molecule has 0 bridgehead atoms. The van der Waals surface area contributed by atoms with Crippen molar-refractivity contribution >= 4 is 23.6 Å². The normalized spacial score (nSPS) is 17.1. The fraction of sp³-hybridized carbons (Fsp3) is 0.324. The Bertz CT molecular complexity index is 1860. The second-order valence-corrected chi connectivity index (χ2v) is 12.8. The van der Waals surface area contributed by atoms with Crippen LogP contribution in [0.3, 0.4) is 0 Å². The molecule has 0 fully saturated rings. The summed E-state index contributed by atoms with van der Waals surface area (Å²) >= 11 is 0. The zero-order chi connectivity index (χ0) is 32.1. The van der Waals surface area contributed by atoms with E-state index < -0.39 is 6.09 Å². The number of carbonyl (C=O) groups excluding carboxylic acids is 2. The summed E-state index contributed by atoms with van der Waals surface area (Å²) in [6.07, 6.45) is 3.05. The van der Waals surface area contributed by atoms with E-state index in [1.54, 1.807) is 36.2 Å². The molecule has 9 heteroatoms. The highest BCUT2D eigenvalue weighted by Crippen LogP contribution is 2.38. The van der Waals surface area contributed by atoms with Gasteiger partial charge in [0.15, 0.2) is 0 Å². The topological polar surface area (TPSA) is 106 Å². The monoisotopic (exact) mass is 618 g/mol. The number of rotatable bonds is 4. The molecule has 2 N–H and O–H groups in total. The summed E-state index contributed by atoms with van der Waals surface area (Å²) in [7, 11) is 1.74. The number of carboxylic acid groups (broad SMARTS) is 1. The average molecular weight is 619 g/mol. The number of amides is 3. The minimum atomic E-state index is -0.967. The first-order chi connectivity index (χ1) is 22.2. The predicted octanol–water partition coefficient (Wildman–Crippen LogP) is 6.10. The van der Waals surface area contributed by atoms with Gasteiger partial charge in [-0.05, 0) is 104 Å². The third kappa shape index (κ3) is 5.19. The Labute approximate surface area is 268 Å². The molecule has 0 aliphatic carbocycles. The van der Waals surface area contributed by atoms with Gasteiger partial charge >= 0.3 is 6.09 Å². The lowest BCUT2D eigenvalue weighted by Gasteiger charge is -2.36. The molecule has 0 saturated heterocycles. The standard InChI is InChI=1S/C37H38N4O5/c1-23-17-24-7-3-4-8-26(24)22-41(23)36(44)31-19-27-21-39(37(45)46)16-14-25(27)18-30(31)34-20-32(33-9-5-6-15-40(33)34)35(43)38(2)28-10-12-29(42)13-11-28/h3-4,7-8,10-13,18-20,23,42H,5-6,9,14-17,21-22H2,1-2H3,(H,45,46)/t23-/m1/s1. The summed E-state index contributed by atoms with van der Waals surface area (Å²) in [5.41, 5.74) is 8.67. The zero-order valence-corrected chi connectivity index (χ0v) is 26.2. The highest BCUT2D eigenvalue weighted by atomic mass is 16.4. The van der Waals surface area contributed by atoms with Gasteiger partial charge < -0.3 is 29.5 Å². The maximum absolute atomic E-state index is 14.6. The van der Waals surface area contributed by atoms with Crippen LogP contribution in [0.1, 0.15) is 68.4 Å². The number of aromatic hydroxyl groups is 1. The van der Waals surface area contributed by atoms with Gasteiger partial charge in [0.05, 0.1) is 5.56 Å². The molecule has 1 atom stereocenters. The molecule has 4 aromatic rings. The van der Waals surface area contributed by atoms with Gasteiger partial charge in [-0.3, -0.25) is 9.59 Å². The molecule has 0 saturated carbocycles. The van der Waals surface area contributed by atoms with Crippen molar-refractivity contribution in [3.05, 3.63) is 106 Å². The van der Waals surface area contributed by atoms with E-state index in [-0.39, 0.29) is 30.2 Å². The predicted molar refractivity (Wildman–Crippen MR) is 175 cm³/mol. The quantitative estimate of drug-likeness (QED) is 0.288. The Balaban J connectivity index is 1.35. The molecule has 9 nitrogen and oxygen atoms in total. The maximum atomic E-state index is 14.6. The smallest absolute Gasteiger partial charge is 0.407 e. The molecule has 0 unspecified atom stereocenters. The van der Waals surface area contributed by atoms with Gasteiger partial charge in [-0.15, -0.1) is 0 Å². The van der Waals surface area contributed by atoms with Crippen molar-refractivity contribution in [2.24, 2.45) is 0 Å². The Morgan fingerprint density at radius 3 is 2.35 bits per heavy atom. The fourth-order valence-electron chi connectivity index (χ4n) is 7.33. The molecule has 3 amide bonds. The molecule has 3 aliphatic heterocycles. The number of phenols is 1. The molecular formula is C37H38N4O5. The van der Waals surface area contributed by atoms with Crippen LogP contribution in [0.4, 0.5) is 10.5 Å². The van der Waals surface area contributed by atoms with Crippen LogP contribution in [0.25, 0.3) is 11.3 Å². The van der Waals surface area contributed by atoms with Crippen molar-refractivity contribution in [3.63, 3.8) is 0 Å². The lowest BCUT2D eigenvalue weighted by molar-refractivity contribution is 0.0658. The van der Waals surface area contributed by atoms with Gasteiger partial charge in [0.1, 0.15) is 5.75 Å². The molecule has 3 aromatic carbocycles. The van der Waals surface area contributed by atoms with Crippen LogP contribution in [-0.4, -0.2) is 62.1 Å². The molecule has 7 rings (SSSR count). The maximum Gasteiger partial charge on any atom is 0.407 e. The van der Waals surface area contributed by atoms with Crippen LogP contribution in [0.2, 0.25) is 0 Å². The van der Waals surface area contributed by atoms with E-state index in [1.165, 1.54) is 10.5 Å². The minimum absolute atomic E-state index is 0.0147. The average Bonchev–Trinajstić information content (AvgIpc) is 3.46. The molecule has 0 radical (unpaired) electrons. The number of nitrogens with zero attached hydrogens (tertiary/aromatic N) is 4. The van der Waals surface area contributed by atoms with Gasteiger partial charge in [0.25, 0.3) is 11.8 Å². The number of carbonyl (C=O) groups is 3. The van der Waals surface area contributed by atoms with Crippen LogP contribution in [0.15, 0.2) is 66.7 Å². The van der Waals surface area contributed by atoms with E-state index in [4.69, 9.17) is 0 Å². The third-order valence-electron chi connectivity index (χ3n) is 9.92. The second kappa shape index (κ2) is 11.7. The van der Waals surface area contributed by atoms with Gasteiger partial charge in [0, 0.05) is 67.5 Å². The van der Waals surface area contributed by atoms with Crippen LogP contribution in [0.5, 0.6) is 5.75 Å². The second-order valence-electron chi connectivity index (χ2n) is 12.8. The Morgan fingerprint density at radius 1 is 0.826 bits per heavy atom. The first kappa shape index (κ1) is 29.6. The fourth-order valence-corrected chi connectivity index (χ4v) is 7.33. The van der Waals surface area contributed by atoms with E-state index >= 15 is 0 Å². The molecule has 0 spiro atoms. The van der Waals surface area contributed by atoms with Crippen molar-refractivity contribution in [2.45, 2.75) is 64.7 Å². The number of hydrogen-bond acceptors (Lipinski definition) is 4. The van der Waals surface area contributed by atoms with Crippen LogP contribution < -0.4 is 4.90 Å². The van der Waals surface area contributed by atoms with E-state index in [9.17, 15) is 24.6 Å². The molecule has 1 aromatic heterocycles. The first-order valence-electron chi connectivity index (χ1n) is 16.0. The number of benzene rings is 3. The van der Waals surface area contributed by atoms with Gasteiger partial charge in [-0.25, -0.2) is 4.79 Å². The summed E-state index contributed by atoms with van der Waals surface area (Å²) in [6.45, 7) is 3.94. The van der Waals surface area contributed by atoms with Crippen molar-refractivity contribution in [1.29, 1.82) is 0 Å². The third-order valence-corrected chi connectivity index (χ3v) is 9.92. The molecular weight excluding hydrogens is 580 g/mol. The SMILES string of the molecule is C[C@@H]1Cc2ccccc2CN1C(=O)c1cc2c(cc1-c1cc(C(=O)N(C)c3ccc(O)cc3)c3n1CCCC3)CCN(C(=O)O)C2. The highest BCUT2D eigenvalue weighted by Gasteiger charge is 2.33. The number of aromatic nitrogens is 1. The van der Waals surface area contributed by atoms with Gasteiger partial charge in [0.2, 0.25) is 0 Å². The molecule has 236 valence electrons. The number of anilines is 1. The number of hydrogen-bond donors (Lipinski definition) is 2. The van der Waals surface area contributed by atoms with Crippen LogP contribution in [0, 0.1) is 0 Å². The number of phenolic OH excluding ortho intramolecular Hbond substituents is 1. The lowest BCUT2D eigenvalue weighted by atomic mass is 9.90. The lowest BCUT2D eigenvalue weighted by Crippen LogP contribution is -2.43. The van der Waals surface area contributed by atoms with Crippen molar-refractivity contribution in [2.75, 3.05) is 18.5 Å². The van der Waals surface area contributed by atoms with E-state index in [0.717, 1.165) is 65.9 Å². The molecule has 4 heterocycles. The van der Waals surface area contributed by atoms with Gasteiger partial charge in [-0.2, -0.15) is 0 Å². The van der Waals surface area contributed by atoms with Crippen molar-refractivity contribution < 1.29 is 24.6 Å². The van der Waals surface area contributed by atoms with Crippen LogP contribution in [-0.2, 0) is 38.9 Å². The van der Waals surface area contributed by atoms with E-state index in [0.29, 0.717) is 36.3 Å². The first-order valence-corrected chi connectivity index (χ1v) is 16.0. The summed E-state index contributed by atoms with van der Waals surface area (Å²) < 4.78 is 2.21. The largest absolute Gasteiger partial charge is 0.508 e. The van der Waals surface area contributed by atoms with Crippen molar-refractivity contribution in [3.8, 4) is 17.0 Å².